The number of ether oxygens (including phenoxy) is 1. The van der Waals surface area contributed by atoms with Gasteiger partial charge in [-0.3, -0.25) is 5.10 Å². The molecule has 0 bridgehead atoms. The Morgan fingerprint density at radius 3 is 3.00 bits per heavy atom. The number of hydrogen-bond acceptors (Lipinski definition) is 5. The quantitative estimate of drug-likeness (QED) is 0.806. The Bertz CT molecular complexity index is 276. The van der Waals surface area contributed by atoms with Gasteiger partial charge in [0.1, 0.15) is 12.2 Å². The summed E-state index contributed by atoms with van der Waals surface area (Å²) in [5.74, 6) is 0.847. The zero-order valence-corrected chi connectivity index (χ0v) is 9.82. The molecule has 6 heteroatoms. The molecule has 1 heterocycles. The Morgan fingerprint density at radius 1 is 1.71 bits per heavy atom. The van der Waals surface area contributed by atoms with Gasteiger partial charge in [-0.1, -0.05) is 18.7 Å². The topological polar surface area (TPSA) is 50.8 Å². The van der Waals surface area contributed by atoms with E-state index in [1.807, 2.05) is 6.92 Å². The van der Waals surface area contributed by atoms with Crippen LogP contribution in [0, 0.1) is 0 Å². The van der Waals surface area contributed by atoms with E-state index in [0.717, 1.165) is 12.2 Å². The van der Waals surface area contributed by atoms with Crippen LogP contribution in [-0.2, 0) is 4.74 Å². The minimum atomic E-state index is 0.205. The maximum atomic E-state index is 5.20. The van der Waals surface area contributed by atoms with E-state index in [2.05, 4.69) is 22.1 Å². The Labute approximate surface area is 92.8 Å². The minimum Gasteiger partial charge on any atom is -0.479 e. The number of thioether (sulfide) groups is 1. The highest BCUT2D eigenvalue weighted by Crippen LogP contribution is 2.30. The van der Waals surface area contributed by atoms with Gasteiger partial charge >= 0.3 is 0 Å². The zero-order chi connectivity index (χ0) is 10.4. The summed E-state index contributed by atoms with van der Waals surface area (Å²) in [5, 5.41) is 6.85. The van der Waals surface area contributed by atoms with E-state index in [1.165, 1.54) is 18.1 Å². The molecule has 0 saturated heterocycles. The maximum absolute atomic E-state index is 5.20. The molecule has 0 amide bonds. The first-order valence-electron chi connectivity index (χ1n) is 4.46. The normalized spacial score (nSPS) is 12.4. The summed E-state index contributed by atoms with van der Waals surface area (Å²) in [6.45, 7) is 4.61. The number of nitrogens with one attached hydrogen (secondary N) is 1. The first kappa shape index (κ1) is 11.5. The first-order chi connectivity index (χ1) is 6.77. The molecule has 0 aliphatic heterocycles. The summed E-state index contributed by atoms with van der Waals surface area (Å²) in [6, 6.07) is 0. The molecule has 1 rings (SSSR count). The molecule has 1 atom stereocenters. The smallest absolute Gasteiger partial charge is 0.220 e. The number of hydrogen-bond donors (Lipinski definition) is 1. The third-order valence-electron chi connectivity index (χ3n) is 1.61. The highest BCUT2D eigenvalue weighted by Gasteiger charge is 2.15. The lowest BCUT2D eigenvalue weighted by atomic mass is 10.3. The number of aromatic amines is 1. The number of rotatable bonds is 4. The van der Waals surface area contributed by atoms with Crippen LogP contribution in [0.4, 0.5) is 0 Å². The summed E-state index contributed by atoms with van der Waals surface area (Å²) in [4.78, 5) is 4.10. The molecule has 1 unspecified atom stereocenters. The Kier molecular flexibility index (Phi) is 4.89. The standard InChI is InChI=1S/C8H13N3OS2/c1-3-6(7-9-5-10-11-7)14-8(13)12-4-2/h5-6H,3-4H2,1-2H3,(H,9,10,11). The van der Waals surface area contributed by atoms with Crippen LogP contribution in [0.1, 0.15) is 31.3 Å². The summed E-state index contributed by atoms with van der Waals surface area (Å²) in [6.07, 6.45) is 2.44. The third-order valence-corrected chi connectivity index (χ3v) is 3.17. The molecule has 14 heavy (non-hydrogen) atoms. The van der Waals surface area contributed by atoms with E-state index in [0.29, 0.717) is 11.0 Å². The van der Waals surface area contributed by atoms with Gasteiger partial charge in [0.2, 0.25) is 4.38 Å². The summed E-state index contributed by atoms with van der Waals surface area (Å²) >= 11 is 6.55. The molecule has 0 spiro atoms. The molecule has 78 valence electrons. The fraction of sp³-hybridized carbons (Fsp3) is 0.625. The lowest BCUT2D eigenvalue weighted by Crippen LogP contribution is -2.02. The maximum Gasteiger partial charge on any atom is 0.220 e. The molecule has 1 N–H and O–H groups in total. The van der Waals surface area contributed by atoms with Crippen molar-refractivity contribution in [2.24, 2.45) is 0 Å². The largest absolute Gasteiger partial charge is 0.479 e. The summed E-state index contributed by atoms with van der Waals surface area (Å²) in [5.41, 5.74) is 0. The van der Waals surface area contributed by atoms with Crippen LogP contribution < -0.4 is 0 Å². The second kappa shape index (κ2) is 5.98. The number of aromatic nitrogens is 3. The Hall–Kier alpha value is -0.620. The minimum absolute atomic E-state index is 0.205. The van der Waals surface area contributed by atoms with Crippen molar-refractivity contribution in [1.29, 1.82) is 0 Å². The molecular weight excluding hydrogens is 218 g/mol. The van der Waals surface area contributed by atoms with Gasteiger partial charge in [0.25, 0.3) is 0 Å². The van der Waals surface area contributed by atoms with Crippen molar-refractivity contribution in [1.82, 2.24) is 15.2 Å². The second-order valence-corrected chi connectivity index (χ2v) is 4.37. The molecule has 0 aliphatic carbocycles. The van der Waals surface area contributed by atoms with Crippen molar-refractivity contribution in [3.05, 3.63) is 12.2 Å². The van der Waals surface area contributed by atoms with Gasteiger partial charge in [-0.25, -0.2) is 4.98 Å². The number of nitrogens with zero attached hydrogens (tertiary/aromatic N) is 2. The Morgan fingerprint density at radius 2 is 2.50 bits per heavy atom. The van der Waals surface area contributed by atoms with Gasteiger partial charge in [-0.15, -0.1) is 0 Å². The molecule has 1 aromatic heterocycles. The van der Waals surface area contributed by atoms with Crippen LogP contribution in [0.2, 0.25) is 0 Å². The first-order valence-corrected chi connectivity index (χ1v) is 5.75. The van der Waals surface area contributed by atoms with Crippen molar-refractivity contribution >= 4 is 28.4 Å². The lowest BCUT2D eigenvalue weighted by Gasteiger charge is -2.11. The summed E-state index contributed by atoms with van der Waals surface area (Å²) in [7, 11) is 0. The van der Waals surface area contributed by atoms with Gasteiger partial charge < -0.3 is 4.74 Å². The third kappa shape index (κ3) is 3.26. The molecule has 4 nitrogen and oxygen atoms in total. The summed E-state index contributed by atoms with van der Waals surface area (Å²) < 4.78 is 5.77. The van der Waals surface area contributed by atoms with Crippen LogP contribution >= 0.6 is 24.0 Å². The zero-order valence-electron chi connectivity index (χ0n) is 8.19. The van der Waals surface area contributed by atoms with Gasteiger partial charge in [-0.05, 0) is 25.6 Å². The number of H-pyrrole nitrogens is 1. The molecule has 0 radical (unpaired) electrons. The fourth-order valence-electron chi connectivity index (χ4n) is 0.971. The van der Waals surface area contributed by atoms with E-state index in [1.54, 1.807) is 0 Å². The monoisotopic (exact) mass is 231 g/mol. The van der Waals surface area contributed by atoms with E-state index >= 15 is 0 Å². The average molecular weight is 231 g/mol. The van der Waals surface area contributed by atoms with Crippen LogP contribution in [0.5, 0.6) is 0 Å². The fourth-order valence-corrected chi connectivity index (χ4v) is 2.25. The van der Waals surface area contributed by atoms with Crippen LogP contribution in [0.25, 0.3) is 0 Å². The van der Waals surface area contributed by atoms with E-state index in [4.69, 9.17) is 17.0 Å². The van der Waals surface area contributed by atoms with Gasteiger partial charge in [0.05, 0.1) is 11.9 Å². The van der Waals surface area contributed by atoms with E-state index in [9.17, 15) is 0 Å². The molecular formula is C8H13N3OS2. The van der Waals surface area contributed by atoms with Gasteiger partial charge in [-0.2, -0.15) is 5.10 Å². The lowest BCUT2D eigenvalue weighted by molar-refractivity contribution is 0.346. The predicted octanol–water partition coefficient (Wildman–Crippen LogP) is 2.31. The van der Waals surface area contributed by atoms with Crippen molar-refractivity contribution in [2.75, 3.05) is 6.61 Å². The van der Waals surface area contributed by atoms with Crippen LogP contribution in [0.3, 0.4) is 0 Å². The van der Waals surface area contributed by atoms with Crippen molar-refractivity contribution in [3.8, 4) is 0 Å². The van der Waals surface area contributed by atoms with Crippen molar-refractivity contribution in [2.45, 2.75) is 25.5 Å². The average Bonchev–Trinajstić information content (AvgIpc) is 2.67. The number of thiocarbonyl (C=S) groups is 1. The van der Waals surface area contributed by atoms with Gasteiger partial charge in [0.15, 0.2) is 0 Å². The Balaban J connectivity index is 2.51. The molecule has 0 aliphatic rings. The van der Waals surface area contributed by atoms with Gasteiger partial charge in [0, 0.05) is 0 Å². The van der Waals surface area contributed by atoms with Crippen molar-refractivity contribution in [3.63, 3.8) is 0 Å². The van der Waals surface area contributed by atoms with Crippen molar-refractivity contribution < 1.29 is 4.74 Å². The molecule has 0 fully saturated rings. The van der Waals surface area contributed by atoms with Crippen LogP contribution in [0.15, 0.2) is 6.33 Å². The molecule has 0 saturated carbocycles. The molecule has 0 aromatic carbocycles. The van der Waals surface area contributed by atoms with E-state index in [-0.39, 0.29) is 5.25 Å². The second-order valence-electron chi connectivity index (χ2n) is 2.57. The highest BCUT2D eigenvalue weighted by molar-refractivity contribution is 8.22. The van der Waals surface area contributed by atoms with Crippen LogP contribution in [-0.4, -0.2) is 26.2 Å². The predicted molar refractivity (Wildman–Crippen MR) is 61.2 cm³/mol. The van der Waals surface area contributed by atoms with E-state index < -0.39 is 0 Å². The molecule has 1 aromatic rings. The highest BCUT2D eigenvalue weighted by atomic mass is 32.2. The SMILES string of the molecule is CCOC(=S)SC(CC)c1ncn[nH]1.